The van der Waals surface area contributed by atoms with E-state index < -0.39 is 18.1 Å². The van der Waals surface area contributed by atoms with Gasteiger partial charge in [-0.25, -0.2) is 0 Å². The number of aromatic nitrogens is 2. The molecule has 134 valence electrons. The fourth-order valence-electron chi connectivity index (χ4n) is 3.83. The molecule has 0 radical (unpaired) electrons. The third-order valence-corrected chi connectivity index (χ3v) is 5.03. The van der Waals surface area contributed by atoms with Gasteiger partial charge in [-0.15, -0.1) is 0 Å². The molecule has 3 rings (SSSR count). The minimum absolute atomic E-state index is 0.0676. The van der Waals surface area contributed by atoms with E-state index in [1.165, 1.54) is 0 Å². The van der Waals surface area contributed by atoms with Crippen LogP contribution >= 0.6 is 0 Å². The van der Waals surface area contributed by atoms with Crippen LogP contribution in [-0.2, 0) is 11.8 Å². The Morgan fingerprint density at radius 2 is 2.04 bits per heavy atom. The molecule has 0 spiro atoms. The molecule has 3 atom stereocenters. The van der Waals surface area contributed by atoms with E-state index in [-0.39, 0.29) is 24.8 Å². The molecule has 5 nitrogen and oxygen atoms in total. The minimum Gasteiger partial charge on any atom is -0.303 e. The van der Waals surface area contributed by atoms with Gasteiger partial charge in [-0.2, -0.15) is 18.3 Å². The molecule has 2 fully saturated rings. The second-order valence-corrected chi connectivity index (χ2v) is 6.87. The van der Waals surface area contributed by atoms with Crippen LogP contribution in [0.3, 0.4) is 0 Å². The summed E-state index contributed by atoms with van der Waals surface area (Å²) in [7, 11) is 1.78. The summed E-state index contributed by atoms with van der Waals surface area (Å²) >= 11 is 0. The fraction of sp³-hybridized carbons (Fsp3) is 0.750. The number of hydrogen-bond donors (Lipinski definition) is 1. The maximum Gasteiger partial charge on any atom is 0.391 e. The number of carbonyl (C=O) groups excluding carboxylic acids is 1. The number of aryl methyl sites for hydroxylation is 2. The lowest BCUT2D eigenvalue weighted by Gasteiger charge is -2.32. The van der Waals surface area contributed by atoms with Gasteiger partial charge in [0, 0.05) is 25.7 Å². The Kier molecular flexibility index (Phi) is 4.59. The van der Waals surface area contributed by atoms with E-state index in [4.69, 9.17) is 0 Å². The Balaban J connectivity index is 1.63. The molecule has 8 heteroatoms. The van der Waals surface area contributed by atoms with Gasteiger partial charge in [-0.05, 0) is 32.6 Å². The number of carbonyl (C=O) groups is 1. The predicted octanol–water partition coefficient (Wildman–Crippen LogP) is 2.54. The highest BCUT2D eigenvalue weighted by molar-refractivity contribution is 5.98. The van der Waals surface area contributed by atoms with Gasteiger partial charge in [0.25, 0.3) is 0 Å². The lowest BCUT2D eigenvalue weighted by molar-refractivity contribution is -0.183. The average Bonchev–Trinajstić information content (AvgIpc) is 3.01. The standard InChI is InChI=1S/C16H23F3N4O/c1-10-8-14(22(2)21-10)23-7-6-13(15(23)24)20-12-5-3-4-11(9-12)16(17,18)19/h8,11-13,20H,3-7,9H2,1-2H3. The molecule has 0 aromatic carbocycles. The molecule has 1 aliphatic carbocycles. The first-order valence-electron chi connectivity index (χ1n) is 8.40. The first kappa shape index (κ1) is 17.3. The van der Waals surface area contributed by atoms with Crippen molar-refractivity contribution in [2.75, 3.05) is 11.4 Å². The van der Waals surface area contributed by atoms with E-state index in [0.717, 1.165) is 11.5 Å². The third kappa shape index (κ3) is 3.43. The molecule has 1 aromatic heterocycles. The van der Waals surface area contributed by atoms with Crippen LogP contribution in [-0.4, -0.2) is 40.5 Å². The Morgan fingerprint density at radius 1 is 1.29 bits per heavy atom. The first-order chi connectivity index (χ1) is 11.3. The molecule has 1 aromatic rings. The number of nitrogens with zero attached hydrogens (tertiary/aromatic N) is 3. The van der Waals surface area contributed by atoms with Crippen LogP contribution in [0.2, 0.25) is 0 Å². The van der Waals surface area contributed by atoms with Crippen LogP contribution < -0.4 is 10.2 Å². The number of amides is 1. The van der Waals surface area contributed by atoms with Crippen molar-refractivity contribution in [3.05, 3.63) is 11.8 Å². The second-order valence-electron chi connectivity index (χ2n) is 6.87. The minimum atomic E-state index is -4.14. The van der Waals surface area contributed by atoms with Crippen molar-refractivity contribution >= 4 is 11.7 Å². The molecular formula is C16H23F3N4O. The molecule has 1 saturated carbocycles. The van der Waals surface area contributed by atoms with Gasteiger partial charge in [0.1, 0.15) is 5.82 Å². The van der Waals surface area contributed by atoms with E-state index in [1.54, 1.807) is 16.6 Å². The zero-order chi connectivity index (χ0) is 17.5. The number of anilines is 1. The number of nitrogens with one attached hydrogen (secondary N) is 1. The van der Waals surface area contributed by atoms with Crippen LogP contribution in [0.4, 0.5) is 19.0 Å². The van der Waals surface area contributed by atoms with Crippen molar-refractivity contribution in [1.82, 2.24) is 15.1 Å². The summed E-state index contributed by atoms with van der Waals surface area (Å²) in [6.45, 7) is 2.42. The third-order valence-electron chi connectivity index (χ3n) is 5.03. The molecule has 1 saturated heterocycles. The Morgan fingerprint density at radius 3 is 2.67 bits per heavy atom. The molecule has 2 heterocycles. The van der Waals surface area contributed by atoms with Crippen LogP contribution in [0.25, 0.3) is 0 Å². The number of rotatable bonds is 3. The van der Waals surface area contributed by atoms with Gasteiger partial charge >= 0.3 is 6.18 Å². The topological polar surface area (TPSA) is 50.2 Å². The number of alkyl halides is 3. The Hall–Kier alpha value is -1.57. The van der Waals surface area contributed by atoms with Crippen LogP contribution in [0.15, 0.2) is 6.07 Å². The number of halogens is 3. The smallest absolute Gasteiger partial charge is 0.303 e. The highest BCUT2D eigenvalue weighted by Gasteiger charge is 2.43. The molecular weight excluding hydrogens is 321 g/mol. The SMILES string of the molecule is Cc1cc(N2CCC(NC3CCCC(C(F)(F)F)C3)C2=O)n(C)n1. The van der Waals surface area contributed by atoms with E-state index >= 15 is 0 Å². The molecule has 1 N–H and O–H groups in total. The fourth-order valence-corrected chi connectivity index (χ4v) is 3.83. The van der Waals surface area contributed by atoms with Gasteiger partial charge in [0.05, 0.1) is 17.7 Å². The van der Waals surface area contributed by atoms with Gasteiger partial charge in [-0.3, -0.25) is 14.4 Å². The summed E-state index contributed by atoms with van der Waals surface area (Å²) in [5.41, 5.74) is 0.831. The maximum atomic E-state index is 12.9. The average molecular weight is 344 g/mol. The second kappa shape index (κ2) is 6.38. The van der Waals surface area contributed by atoms with Crippen LogP contribution in [0, 0.1) is 12.8 Å². The van der Waals surface area contributed by atoms with Crippen molar-refractivity contribution in [3.8, 4) is 0 Å². The lowest BCUT2D eigenvalue weighted by Crippen LogP contribution is -2.47. The zero-order valence-corrected chi connectivity index (χ0v) is 13.9. The van der Waals surface area contributed by atoms with Crippen molar-refractivity contribution < 1.29 is 18.0 Å². The van der Waals surface area contributed by atoms with Crippen molar-refractivity contribution in [1.29, 1.82) is 0 Å². The molecule has 1 aliphatic heterocycles. The normalized spacial score (nSPS) is 28.6. The van der Waals surface area contributed by atoms with Gasteiger partial charge in [0.2, 0.25) is 5.91 Å². The summed E-state index contributed by atoms with van der Waals surface area (Å²) < 4.78 is 40.4. The van der Waals surface area contributed by atoms with E-state index in [2.05, 4.69) is 10.4 Å². The molecule has 3 unspecified atom stereocenters. The van der Waals surface area contributed by atoms with Gasteiger partial charge in [-0.1, -0.05) is 6.42 Å². The molecule has 1 amide bonds. The van der Waals surface area contributed by atoms with Crippen molar-refractivity contribution in [3.63, 3.8) is 0 Å². The molecule has 24 heavy (non-hydrogen) atoms. The zero-order valence-electron chi connectivity index (χ0n) is 13.9. The van der Waals surface area contributed by atoms with E-state index in [1.807, 2.05) is 13.0 Å². The Labute approximate surface area is 139 Å². The highest BCUT2D eigenvalue weighted by Crippen LogP contribution is 2.38. The summed E-state index contributed by atoms with van der Waals surface area (Å²) in [5, 5.41) is 7.42. The summed E-state index contributed by atoms with van der Waals surface area (Å²) in [5.74, 6) is -0.596. The molecule has 2 aliphatic rings. The van der Waals surface area contributed by atoms with Crippen molar-refractivity contribution in [2.45, 2.75) is 57.3 Å². The maximum absolute atomic E-state index is 12.9. The van der Waals surface area contributed by atoms with Crippen LogP contribution in [0.1, 0.15) is 37.8 Å². The Bertz CT molecular complexity index is 613. The first-order valence-corrected chi connectivity index (χ1v) is 8.40. The van der Waals surface area contributed by atoms with Gasteiger partial charge < -0.3 is 5.32 Å². The molecule has 0 bridgehead atoms. The number of hydrogen-bond acceptors (Lipinski definition) is 3. The quantitative estimate of drug-likeness (QED) is 0.917. The summed E-state index contributed by atoms with van der Waals surface area (Å²) in [6, 6.07) is 1.20. The van der Waals surface area contributed by atoms with Gasteiger partial charge in [0.15, 0.2) is 0 Å². The van der Waals surface area contributed by atoms with Crippen LogP contribution in [0.5, 0.6) is 0 Å². The summed E-state index contributed by atoms with van der Waals surface area (Å²) in [4.78, 5) is 14.3. The summed E-state index contributed by atoms with van der Waals surface area (Å²) in [6.07, 6.45) is -2.03. The lowest BCUT2D eigenvalue weighted by atomic mass is 9.85. The van der Waals surface area contributed by atoms with E-state index in [9.17, 15) is 18.0 Å². The predicted molar refractivity (Wildman–Crippen MR) is 83.6 cm³/mol. The van der Waals surface area contributed by atoms with Crippen molar-refractivity contribution in [2.24, 2.45) is 13.0 Å². The van der Waals surface area contributed by atoms with E-state index in [0.29, 0.717) is 25.8 Å². The monoisotopic (exact) mass is 344 g/mol. The highest BCUT2D eigenvalue weighted by atomic mass is 19.4. The largest absolute Gasteiger partial charge is 0.391 e.